The average molecular weight is 382 g/mol. The quantitative estimate of drug-likeness (QED) is 0.619. The van der Waals surface area contributed by atoms with Crippen LogP contribution in [0, 0.1) is 5.92 Å². The highest BCUT2D eigenvalue weighted by molar-refractivity contribution is 6.23. The molecule has 1 atom stereocenters. The standard InChI is InChI=1S/C18H14N4O6/c19-15-14-11(16(25)20-17(14)26)6-13(24)22(15)10-3-1-9(2-4-10)21-7-8(18(27)28)5-12(21)23/h1-4,6,8H,5,7,19H2,(H,27,28)(H,20,25,26). The molecule has 1 aromatic heterocycles. The minimum absolute atomic E-state index is 0.0623. The number of carboxylic acids is 1. The van der Waals surface area contributed by atoms with Gasteiger partial charge in [-0.1, -0.05) is 0 Å². The lowest BCUT2D eigenvalue weighted by molar-refractivity contribution is -0.141. The number of pyridine rings is 1. The van der Waals surface area contributed by atoms with Crippen molar-refractivity contribution in [2.24, 2.45) is 5.92 Å². The number of aromatic nitrogens is 1. The third-order valence-electron chi connectivity index (χ3n) is 4.85. The lowest BCUT2D eigenvalue weighted by Crippen LogP contribution is -2.26. The molecule has 1 fully saturated rings. The number of nitrogens with one attached hydrogen (secondary N) is 1. The molecule has 1 aromatic carbocycles. The third-order valence-corrected chi connectivity index (χ3v) is 4.85. The number of carbonyl (C=O) groups is 4. The van der Waals surface area contributed by atoms with Gasteiger partial charge >= 0.3 is 5.97 Å². The highest BCUT2D eigenvalue weighted by atomic mass is 16.4. The zero-order chi connectivity index (χ0) is 20.2. The summed E-state index contributed by atoms with van der Waals surface area (Å²) in [5.74, 6) is -3.61. The van der Waals surface area contributed by atoms with Crippen molar-refractivity contribution in [2.45, 2.75) is 6.42 Å². The van der Waals surface area contributed by atoms with Crippen LogP contribution in [0.3, 0.4) is 0 Å². The predicted molar refractivity (Wildman–Crippen MR) is 96.3 cm³/mol. The molecule has 1 unspecified atom stereocenters. The highest BCUT2D eigenvalue weighted by Crippen LogP contribution is 2.27. The second-order valence-electron chi connectivity index (χ2n) is 6.54. The van der Waals surface area contributed by atoms with E-state index in [0.29, 0.717) is 11.4 Å². The van der Waals surface area contributed by atoms with Gasteiger partial charge in [0.2, 0.25) is 5.91 Å². The van der Waals surface area contributed by atoms with Crippen molar-refractivity contribution in [3.8, 4) is 5.69 Å². The van der Waals surface area contributed by atoms with Crippen LogP contribution in [0.2, 0.25) is 0 Å². The maximum atomic E-state index is 12.4. The van der Waals surface area contributed by atoms with Gasteiger partial charge < -0.3 is 15.7 Å². The lowest BCUT2D eigenvalue weighted by atomic mass is 10.1. The Morgan fingerprint density at radius 1 is 1.07 bits per heavy atom. The van der Waals surface area contributed by atoms with E-state index in [1.807, 2.05) is 0 Å². The number of nitrogens with two attached hydrogens (primary N) is 1. The van der Waals surface area contributed by atoms with Gasteiger partial charge in [-0.05, 0) is 24.3 Å². The number of fused-ring (bicyclic) bond motifs is 1. The van der Waals surface area contributed by atoms with Gasteiger partial charge in [0.25, 0.3) is 17.4 Å². The van der Waals surface area contributed by atoms with Crippen LogP contribution in [0.4, 0.5) is 11.5 Å². The normalized spacial score (nSPS) is 18.4. The maximum absolute atomic E-state index is 12.4. The first kappa shape index (κ1) is 17.5. The van der Waals surface area contributed by atoms with Gasteiger partial charge in [-0.3, -0.25) is 33.9 Å². The summed E-state index contributed by atoms with van der Waals surface area (Å²) in [6, 6.07) is 7.20. The predicted octanol–water partition coefficient (Wildman–Crippen LogP) is -0.259. The molecular formula is C18H14N4O6. The zero-order valence-corrected chi connectivity index (χ0v) is 14.3. The molecule has 0 spiro atoms. The smallest absolute Gasteiger partial charge is 0.308 e. The SMILES string of the molecule is Nc1c2c(cc(=O)n1-c1ccc(N3CC(C(=O)O)CC3=O)cc1)C(=O)NC2=O. The number of carbonyl (C=O) groups excluding carboxylic acids is 3. The molecule has 10 nitrogen and oxygen atoms in total. The van der Waals surface area contributed by atoms with E-state index in [1.165, 1.54) is 17.0 Å². The summed E-state index contributed by atoms with van der Waals surface area (Å²) in [5, 5.41) is 11.2. The molecule has 3 heterocycles. The lowest BCUT2D eigenvalue weighted by Gasteiger charge is -2.17. The van der Waals surface area contributed by atoms with E-state index in [9.17, 15) is 24.0 Å². The Balaban J connectivity index is 1.71. The van der Waals surface area contributed by atoms with Crippen molar-refractivity contribution in [3.63, 3.8) is 0 Å². The molecule has 0 bridgehead atoms. The Bertz CT molecular complexity index is 1120. The van der Waals surface area contributed by atoms with Gasteiger partial charge in [0, 0.05) is 24.7 Å². The fourth-order valence-electron chi connectivity index (χ4n) is 3.45. The number of aliphatic carboxylic acids is 1. The van der Waals surface area contributed by atoms with Crippen LogP contribution in [-0.2, 0) is 9.59 Å². The molecule has 28 heavy (non-hydrogen) atoms. The van der Waals surface area contributed by atoms with Crippen LogP contribution < -0.4 is 21.5 Å². The van der Waals surface area contributed by atoms with Crippen molar-refractivity contribution >= 4 is 35.2 Å². The van der Waals surface area contributed by atoms with Crippen LogP contribution in [0.25, 0.3) is 5.69 Å². The number of carboxylic acid groups (broad SMARTS) is 1. The van der Waals surface area contributed by atoms with Crippen molar-refractivity contribution < 1.29 is 24.3 Å². The number of amides is 3. The summed E-state index contributed by atoms with van der Waals surface area (Å²) in [6.45, 7) is 0.0662. The first-order chi connectivity index (χ1) is 13.3. The van der Waals surface area contributed by atoms with Crippen molar-refractivity contribution in [1.29, 1.82) is 0 Å². The monoisotopic (exact) mass is 382 g/mol. The largest absolute Gasteiger partial charge is 0.481 e. The molecule has 0 aliphatic carbocycles. The fourth-order valence-corrected chi connectivity index (χ4v) is 3.45. The van der Waals surface area contributed by atoms with Crippen molar-refractivity contribution in [3.05, 3.63) is 51.8 Å². The molecular weight excluding hydrogens is 368 g/mol. The second-order valence-corrected chi connectivity index (χ2v) is 6.54. The minimum atomic E-state index is -1.03. The van der Waals surface area contributed by atoms with Crippen molar-refractivity contribution in [2.75, 3.05) is 17.2 Å². The number of nitrogen functional groups attached to an aromatic ring is 1. The molecule has 3 amide bonds. The topological polar surface area (TPSA) is 152 Å². The van der Waals surface area contributed by atoms with Gasteiger partial charge in [-0.25, -0.2) is 0 Å². The maximum Gasteiger partial charge on any atom is 0.308 e. The van der Waals surface area contributed by atoms with Gasteiger partial charge in [0.15, 0.2) is 0 Å². The summed E-state index contributed by atoms with van der Waals surface area (Å²) < 4.78 is 1.09. The van der Waals surface area contributed by atoms with Crippen molar-refractivity contribution in [1.82, 2.24) is 9.88 Å². The van der Waals surface area contributed by atoms with E-state index in [0.717, 1.165) is 10.6 Å². The molecule has 0 saturated carbocycles. The summed E-state index contributed by atoms with van der Waals surface area (Å²) in [4.78, 5) is 60.6. The minimum Gasteiger partial charge on any atom is -0.481 e. The molecule has 1 saturated heterocycles. The average Bonchev–Trinajstić information content (AvgIpc) is 3.16. The number of benzene rings is 1. The Morgan fingerprint density at radius 3 is 2.32 bits per heavy atom. The molecule has 2 aliphatic rings. The third kappa shape index (κ3) is 2.54. The molecule has 2 aromatic rings. The van der Waals surface area contributed by atoms with E-state index in [2.05, 4.69) is 5.32 Å². The van der Waals surface area contributed by atoms with E-state index in [-0.39, 0.29) is 35.8 Å². The molecule has 142 valence electrons. The Labute approximate surface area is 157 Å². The first-order valence-corrected chi connectivity index (χ1v) is 8.32. The highest BCUT2D eigenvalue weighted by Gasteiger charge is 2.35. The molecule has 4 rings (SSSR count). The number of nitrogens with zero attached hydrogens (tertiary/aromatic N) is 2. The van der Waals surface area contributed by atoms with Gasteiger partial charge in [0.05, 0.1) is 22.7 Å². The number of imide groups is 1. The first-order valence-electron chi connectivity index (χ1n) is 8.32. The Morgan fingerprint density at radius 2 is 1.71 bits per heavy atom. The van der Waals surface area contributed by atoms with Gasteiger partial charge in [0.1, 0.15) is 5.82 Å². The summed E-state index contributed by atoms with van der Waals surface area (Å²) in [6.07, 6.45) is -0.0720. The molecule has 4 N–H and O–H groups in total. The molecule has 10 heteroatoms. The van der Waals surface area contributed by atoms with E-state index in [4.69, 9.17) is 10.8 Å². The van der Waals surface area contributed by atoms with E-state index >= 15 is 0 Å². The number of hydrogen-bond donors (Lipinski definition) is 3. The Hall–Kier alpha value is -3.95. The second kappa shape index (κ2) is 6.05. The van der Waals surface area contributed by atoms with Crippen LogP contribution in [0.5, 0.6) is 0 Å². The number of hydrogen-bond acceptors (Lipinski definition) is 6. The Kier molecular flexibility index (Phi) is 3.77. The van der Waals surface area contributed by atoms with Crippen LogP contribution in [-0.4, -0.2) is 39.9 Å². The summed E-state index contributed by atoms with van der Waals surface area (Å²) >= 11 is 0. The molecule has 2 aliphatic heterocycles. The summed E-state index contributed by atoms with van der Waals surface area (Å²) in [5.41, 5.74) is 6.08. The van der Waals surface area contributed by atoms with Gasteiger partial charge in [-0.15, -0.1) is 0 Å². The van der Waals surface area contributed by atoms with Crippen LogP contribution in [0.1, 0.15) is 27.1 Å². The van der Waals surface area contributed by atoms with E-state index < -0.39 is 29.3 Å². The molecule has 0 radical (unpaired) electrons. The van der Waals surface area contributed by atoms with E-state index in [1.54, 1.807) is 12.1 Å². The number of rotatable bonds is 3. The zero-order valence-electron chi connectivity index (χ0n) is 14.3. The fraction of sp³-hybridized carbons (Fsp3) is 0.167. The summed E-state index contributed by atoms with van der Waals surface area (Å²) in [7, 11) is 0. The van der Waals surface area contributed by atoms with Gasteiger partial charge in [-0.2, -0.15) is 0 Å². The van der Waals surface area contributed by atoms with Crippen LogP contribution in [0.15, 0.2) is 35.1 Å². The number of anilines is 2. The van der Waals surface area contributed by atoms with Crippen LogP contribution >= 0.6 is 0 Å².